The maximum absolute atomic E-state index is 12.7. The molecule has 8 heteroatoms. The Labute approximate surface area is 167 Å². The Morgan fingerprint density at radius 3 is 2.57 bits per heavy atom. The molecular weight excluding hydrogens is 380 g/mol. The van der Waals surface area contributed by atoms with Crippen molar-refractivity contribution >= 4 is 21.6 Å². The maximum Gasteiger partial charge on any atom is 0.243 e. The molecular formula is C20H30N2O5S. The molecule has 0 spiro atoms. The van der Waals surface area contributed by atoms with Crippen molar-refractivity contribution in [3.8, 4) is 0 Å². The highest BCUT2D eigenvalue weighted by molar-refractivity contribution is 7.89. The average Bonchev–Trinajstić information content (AvgIpc) is 3.20. The molecule has 1 aromatic carbocycles. The van der Waals surface area contributed by atoms with Gasteiger partial charge in [-0.3, -0.25) is 4.79 Å². The second-order valence-electron chi connectivity index (χ2n) is 7.62. The van der Waals surface area contributed by atoms with E-state index in [4.69, 9.17) is 9.47 Å². The molecule has 0 radical (unpaired) electrons. The van der Waals surface area contributed by atoms with E-state index in [0.717, 1.165) is 32.3 Å². The lowest BCUT2D eigenvalue weighted by Crippen LogP contribution is -2.37. The Morgan fingerprint density at radius 2 is 1.93 bits per heavy atom. The Balaban J connectivity index is 1.45. The van der Waals surface area contributed by atoms with Crippen LogP contribution in [0.2, 0.25) is 0 Å². The quantitative estimate of drug-likeness (QED) is 0.666. The van der Waals surface area contributed by atoms with Gasteiger partial charge in [-0.1, -0.05) is 6.92 Å². The van der Waals surface area contributed by atoms with Gasteiger partial charge in [0.15, 0.2) is 0 Å². The van der Waals surface area contributed by atoms with E-state index in [-0.39, 0.29) is 23.3 Å². The van der Waals surface area contributed by atoms with Crippen LogP contribution in [0, 0.1) is 5.92 Å². The molecule has 2 aliphatic rings. The topological polar surface area (TPSA) is 84.9 Å². The highest BCUT2D eigenvalue weighted by Crippen LogP contribution is 2.24. The van der Waals surface area contributed by atoms with Crippen LogP contribution in [0.25, 0.3) is 0 Å². The van der Waals surface area contributed by atoms with Gasteiger partial charge in [-0.05, 0) is 55.9 Å². The van der Waals surface area contributed by atoms with Crippen molar-refractivity contribution in [1.82, 2.24) is 4.31 Å². The van der Waals surface area contributed by atoms with E-state index in [0.29, 0.717) is 37.9 Å². The second kappa shape index (κ2) is 9.82. The molecule has 2 heterocycles. The summed E-state index contributed by atoms with van der Waals surface area (Å²) in [6.07, 6.45) is 4.26. The molecule has 2 fully saturated rings. The molecule has 0 aromatic heterocycles. The van der Waals surface area contributed by atoms with Gasteiger partial charge >= 0.3 is 0 Å². The zero-order valence-corrected chi connectivity index (χ0v) is 17.2. The summed E-state index contributed by atoms with van der Waals surface area (Å²) in [5.41, 5.74) is 0.579. The van der Waals surface area contributed by atoms with Gasteiger partial charge < -0.3 is 14.8 Å². The lowest BCUT2D eigenvalue weighted by Gasteiger charge is -2.29. The minimum Gasteiger partial charge on any atom is -0.378 e. The lowest BCUT2D eigenvalue weighted by atomic mass is 10.0. The van der Waals surface area contributed by atoms with Crippen LogP contribution in [0.5, 0.6) is 0 Å². The SMILES string of the molecule is CC1CCN(S(=O)(=O)c2ccc(NC(=O)CCOCC3CCCO3)cc2)CC1. The normalized spacial score (nSPS) is 21.7. The summed E-state index contributed by atoms with van der Waals surface area (Å²) >= 11 is 0. The number of ether oxygens (including phenoxy) is 2. The summed E-state index contributed by atoms with van der Waals surface area (Å²) in [7, 11) is -3.47. The van der Waals surface area contributed by atoms with Gasteiger partial charge in [0.2, 0.25) is 15.9 Å². The fraction of sp³-hybridized carbons (Fsp3) is 0.650. The molecule has 1 atom stereocenters. The summed E-state index contributed by atoms with van der Waals surface area (Å²) in [5, 5.41) is 2.78. The molecule has 156 valence electrons. The summed E-state index contributed by atoms with van der Waals surface area (Å²) in [4.78, 5) is 12.3. The van der Waals surface area contributed by atoms with Gasteiger partial charge in [-0.2, -0.15) is 4.31 Å². The predicted octanol–water partition coefficient (Wildman–Crippen LogP) is 2.63. The third kappa shape index (κ3) is 5.76. The van der Waals surface area contributed by atoms with Crippen LogP contribution in [0.15, 0.2) is 29.2 Å². The number of carbonyl (C=O) groups is 1. The van der Waals surface area contributed by atoms with E-state index < -0.39 is 10.0 Å². The molecule has 1 N–H and O–H groups in total. The van der Waals surface area contributed by atoms with Crippen molar-refractivity contribution in [1.29, 1.82) is 0 Å². The number of hydrogen-bond acceptors (Lipinski definition) is 5. The number of benzene rings is 1. The average molecular weight is 411 g/mol. The van der Waals surface area contributed by atoms with Crippen LogP contribution in [0.3, 0.4) is 0 Å². The smallest absolute Gasteiger partial charge is 0.243 e. The molecule has 2 aliphatic heterocycles. The summed E-state index contributed by atoms with van der Waals surface area (Å²) < 4.78 is 38.0. The molecule has 28 heavy (non-hydrogen) atoms. The van der Waals surface area contributed by atoms with E-state index >= 15 is 0 Å². The number of carbonyl (C=O) groups excluding carboxylic acids is 1. The highest BCUT2D eigenvalue weighted by atomic mass is 32.2. The van der Waals surface area contributed by atoms with Crippen LogP contribution >= 0.6 is 0 Å². The second-order valence-corrected chi connectivity index (χ2v) is 9.56. The van der Waals surface area contributed by atoms with Crippen molar-refractivity contribution in [2.45, 2.75) is 50.0 Å². The minimum absolute atomic E-state index is 0.153. The first-order valence-corrected chi connectivity index (χ1v) is 11.5. The Kier molecular flexibility index (Phi) is 7.45. The van der Waals surface area contributed by atoms with Crippen molar-refractivity contribution in [3.63, 3.8) is 0 Å². The molecule has 1 aromatic rings. The predicted molar refractivity (Wildman–Crippen MR) is 107 cm³/mol. The first-order valence-electron chi connectivity index (χ1n) is 10.0. The molecule has 0 bridgehead atoms. The summed E-state index contributed by atoms with van der Waals surface area (Å²) in [6.45, 7) is 4.93. The Bertz CT molecular complexity index is 736. The Morgan fingerprint density at radius 1 is 1.21 bits per heavy atom. The van der Waals surface area contributed by atoms with Crippen LogP contribution < -0.4 is 5.32 Å². The minimum atomic E-state index is -3.47. The molecule has 7 nitrogen and oxygen atoms in total. The summed E-state index contributed by atoms with van der Waals surface area (Å²) in [6, 6.07) is 6.36. The summed E-state index contributed by atoms with van der Waals surface area (Å²) in [5.74, 6) is 0.409. The maximum atomic E-state index is 12.7. The number of nitrogens with zero attached hydrogens (tertiary/aromatic N) is 1. The van der Waals surface area contributed by atoms with E-state index in [2.05, 4.69) is 12.2 Å². The van der Waals surface area contributed by atoms with Crippen molar-refractivity contribution < 1.29 is 22.7 Å². The molecule has 2 saturated heterocycles. The first-order chi connectivity index (χ1) is 13.4. The third-order valence-corrected chi connectivity index (χ3v) is 7.23. The standard InChI is InChI=1S/C20H30N2O5S/c1-16-8-11-22(12-9-16)28(24,25)19-6-4-17(5-7-19)21-20(23)10-14-26-15-18-3-2-13-27-18/h4-7,16,18H,2-3,8-15H2,1H3,(H,21,23). The zero-order valence-electron chi connectivity index (χ0n) is 16.4. The largest absolute Gasteiger partial charge is 0.378 e. The van der Waals surface area contributed by atoms with Crippen molar-refractivity contribution in [2.75, 3.05) is 38.2 Å². The fourth-order valence-electron chi connectivity index (χ4n) is 3.46. The van der Waals surface area contributed by atoms with Gasteiger partial charge in [0.1, 0.15) is 0 Å². The lowest BCUT2D eigenvalue weighted by molar-refractivity contribution is -0.117. The number of anilines is 1. The van der Waals surface area contributed by atoms with E-state index in [1.54, 1.807) is 28.6 Å². The van der Waals surface area contributed by atoms with Gasteiger partial charge in [-0.25, -0.2) is 8.42 Å². The number of amides is 1. The van der Waals surface area contributed by atoms with E-state index in [1.165, 1.54) is 0 Å². The monoisotopic (exact) mass is 410 g/mol. The van der Waals surface area contributed by atoms with Crippen molar-refractivity contribution in [3.05, 3.63) is 24.3 Å². The fourth-order valence-corrected chi connectivity index (χ4v) is 4.93. The third-order valence-electron chi connectivity index (χ3n) is 5.32. The first kappa shape index (κ1) is 21.2. The van der Waals surface area contributed by atoms with Crippen LogP contribution in [0.4, 0.5) is 5.69 Å². The Hall–Kier alpha value is -1.48. The zero-order chi connectivity index (χ0) is 20.0. The highest BCUT2D eigenvalue weighted by Gasteiger charge is 2.27. The molecule has 1 amide bonds. The van der Waals surface area contributed by atoms with Gasteiger partial charge in [0.25, 0.3) is 0 Å². The van der Waals surface area contributed by atoms with Crippen LogP contribution in [-0.4, -0.2) is 57.6 Å². The molecule has 0 saturated carbocycles. The van der Waals surface area contributed by atoms with Crippen molar-refractivity contribution in [2.24, 2.45) is 5.92 Å². The van der Waals surface area contributed by atoms with E-state index in [1.807, 2.05) is 0 Å². The number of sulfonamides is 1. The molecule has 3 rings (SSSR count). The number of nitrogens with one attached hydrogen (secondary N) is 1. The van der Waals surface area contributed by atoms with Gasteiger partial charge in [0.05, 0.1) is 30.6 Å². The van der Waals surface area contributed by atoms with E-state index in [9.17, 15) is 13.2 Å². The van der Waals surface area contributed by atoms with Crippen LogP contribution in [-0.2, 0) is 24.3 Å². The number of rotatable bonds is 8. The van der Waals surface area contributed by atoms with Gasteiger partial charge in [-0.15, -0.1) is 0 Å². The molecule has 1 unspecified atom stereocenters. The molecule has 0 aliphatic carbocycles. The van der Waals surface area contributed by atoms with Crippen LogP contribution in [0.1, 0.15) is 39.0 Å². The van der Waals surface area contributed by atoms with Gasteiger partial charge in [0, 0.05) is 25.4 Å². The number of hydrogen-bond donors (Lipinski definition) is 1. The number of piperidine rings is 1.